The van der Waals surface area contributed by atoms with Crippen LogP contribution in [-0.4, -0.2) is 18.6 Å². The Balaban J connectivity index is 2.36. The van der Waals surface area contributed by atoms with Gasteiger partial charge in [0.15, 0.2) is 0 Å². The number of aromatic nitrogens is 1. The van der Waals surface area contributed by atoms with Gasteiger partial charge in [0.2, 0.25) is 5.88 Å². The van der Waals surface area contributed by atoms with Gasteiger partial charge < -0.3 is 10.1 Å². The fraction of sp³-hybridized carbons (Fsp3) is 0.417. The zero-order chi connectivity index (χ0) is 10.9. The Bertz CT molecular complexity index is 310. The highest BCUT2D eigenvalue weighted by Crippen LogP contribution is 2.12. The van der Waals surface area contributed by atoms with Crippen LogP contribution in [0, 0.1) is 0 Å². The van der Waals surface area contributed by atoms with E-state index < -0.39 is 0 Å². The maximum Gasteiger partial charge on any atom is 0.217 e. The number of ether oxygens (including phenoxy) is 1. The molecule has 0 amide bonds. The summed E-state index contributed by atoms with van der Waals surface area (Å²) in [4.78, 5) is 4.14. The standard InChI is InChI=1S/C12H18N2O/c1-3-4-5-8-13-10-11-7-6-9-14-12(11)15-2/h3-4,6-7,9,13H,5,8,10H2,1-2H3/b4-3+. The lowest BCUT2D eigenvalue weighted by atomic mass is 10.2. The molecular weight excluding hydrogens is 188 g/mol. The van der Waals surface area contributed by atoms with Gasteiger partial charge in [-0.25, -0.2) is 4.98 Å². The molecule has 1 N–H and O–H groups in total. The van der Waals surface area contributed by atoms with E-state index in [0.29, 0.717) is 5.88 Å². The molecule has 1 aromatic rings. The van der Waals surface area contributed by atoms with Crippen LogP contribution in [0.25, 0.3) is 0 Å². The Labute approximate surface area is 91.2 Å². The fourth-order valence-corrected chi connectivity index (χ4v) is 1.32. The molecule has 0 aliphatic heterocycles. The smallest absolute Gasteiger partial charge is 0.217 e. The molecule has 1 aromatic heterocycles. The lowest BCUT2D eigenvalue weighted by molar-refractivity contribution is 0.390. The highest BCUT2D eigenvalue weighted by atomic mass is 16.5. The number of allylic oxidation sites excluding steroid dienone is 1. The van der Waals surface area contributed by atoms with Gasteiger partial charge in [0.05, 0.1) is 7.11 Å². The van der Waals surface area contributed by atoms with Crippen molar-refractivity contribution in [1.82, 2.24) is 10.3 Å². The second-order valence-electron chi connectivity index (χ2n) is 3.21. The average molecular weight is 206 g/mol. The lowest BCUT2D eigenvalue weighted by Crippen LogP contribution is -2.14. The van der Waals surface area contributed by atoms with Crippen molar-refractivity contribution in [3.8, 4) is 5.88 Å². The molecule has 0 radical (unpaired) electrons. The van der Waals surface area contributed by atoms with Crippen LogP contribution in [-0.2, 0) is 6.54 Å². The Kier molecular flexibility index (Phi) is 5.48. The Morgan fingerprint density at radius 1 is 1.53 bits per heavy atom. The summed E-state index contributed by atoms with van der Waals surface area (Å²) in [7, 11) is 1.64. The first-order valence-electron chi connectivity index (χ1n) is 5.18. The SMILES string of the molecule is C/C=C/CCNCc1cccnc1OC. The third-order valence-electron chi connectivity index (χ3n) is 2.08. The van der Waals surface area contributed by atoms with Gasteiger partial charge in [-0.1, -0.05) is 18.2 Å². The summed E-state index contributed by atoms with van der Waals surface area (Å²) >= 11 is 0. The van der Waals surface area contributed by atoms with Gasteiger partial charge in [0.1, 0.15) is 0 Å². The zero-order valence-corrected chi connectivity index (χ0v) is 9.36. The minimum atomic E-state index is 0.705. The number of nitrogens with one attached hydrogen (secondary N) is 1. The van der Waals surface area contributed by atoms with E-state index in [9.17, 15) is 0 Å². The molecule has 1 heterocycles. The topological polar surface area (TPSA) is 34.2 Å². The predicted octanol–water partition coefficient (Wildman–Crippen LogP) is 2.15. The van der Waals surface area contributed by atoms with Crippen molar-refractivity contribution in [2.24, 2.45) is 0 Å². The molecule has 0 aliphatic rings. The summed E-state index contributed by atoms with van der Waals surface area (Å²) in [6.45, 7) is 3.81. The molecule has 0 saturated heterocycles. The first-order chi connectivity index (χ1) is 7.38. The Hall–Kier alpha value is -1.35. The molecule has 15 heavy (non-hydrogen) atoms. The maximum absolute atomic E-state index is 5.16. The van der Waals surface area contributed by atoms with Gasteiger partial charge >= 0.3 is 0 Å². The summed E-state index contributed by atoms with van der Waals surface area (Å²) in [6, 6.07) is 3.94. The molecule has 3 nitrogen and oxygen atoms in total. The Morgan fingerprint density at radius 3 is 3.13 bits per heavy atom. The molecule has 82 valence electrons. The highest BCUT2D eigenvalue weighted by molar-refractivity contribution is 5.24. The number of rotatable bonds is 6. The van der Waals surface area contributed by atoms with Gasteiger partial charge in [-0.2, -0.15) is 0 Å². The van der Waals surface area contributed by atoms with Crippen LogP contribution < -0.4 is 10.1 Å². The van der Waals surface area contributed by atoms with Crippen molar-refractivity contribution in [2.75, 3.05) is 13.7 Å². The van der Waals surface area contributed by atoms with E-state index in [0.717, 1.165) is 25.1 Å². The van der Waals surface area contributed by atoms with Gasteiger partial charge in [-0.3, -0.25) is 0 Å². The van der Waals surface area contributed by atoms with Crippen molar-refractivity contribution < 1.29 is 4.74 Å². The summed E-state index contributed by atoms with van der Waals surface area (Å²) in [5, 5.41) is 3.34. The van der Waals surface area contributed by atoms with Crippen molar-refractivity contribution in [3.63, 3.8) is 0 Å². The van der Waals surface area contributed by atoms with Gasteiger partial charge in [-0.15, -0.1) is 0 Å². The molecule has 0 bridgehead atoms. The average Bonchev–Trinajstić information content (AvgIpc) is 2.29. The van der Waals surface area contributed by atoms with Crippen LogP contribution >= 0.6 is 0 Å². The van der Waals surface area contributed by atoms with Crippen LogP contribution in [0.3, 0.4) is 0 Å². The molecule has 0 saturated carbocycles. The lowest BCUT2D eigenvalue weighted by Gasteiger charge is -2.07. The van der Waals surface area contributed by atoms with Crippen LogP contribution in [0.15, 0.2) is 30.5 Å². The van der Waals surface area contributed by atoms with E-state index in [2.05, 4.69) is 22.5 Å². The maximum atomic E-state index is 5.16. The third kappa shape index (κ3) is 4.13. The van der Waals surface area contributed by atoms with Crippen LogP contribution in [0.4, 0.5) is 0 Å². The number of hydrogen-bond donors (Lipinski definition) is 1. The molecule has 0 atom stereocenters. The van der Waals surface area contributed by atoms with E-state index in [-0.39, 0.29) is 0 Å². The normalized spacial score (nSPS) is 10.8. The summed E-state index contributed by atoms with van der Waals surface area (Å²) < 4.78 is 5.16. The molecule has 3 heteroatoms. The van der Waals surface area contributed by atoms with Crippen molar-refractivity contribution in [2.45, 2.75) is 19.9 Å². The van der Waals surface area contributed by atoms with Crippen LogP contribution in [0.2, 0.25) is 0 Å². The predicted molar refractivity (Wildman–Crippen MR) is 61.9 cm³/mol. The number of hydrogen-bond acceptors (Lipinski definition) is 3. The van der Waals surface area contributed by atoms with Crippen LogP contribution in [0.5, 0.6) is 5.88 Å². The largest absolute Gasteiger partial charge is 0.481 e. The summed E-state index contributed by atoms with van der Waals surface area (Å²) in [5.74, 6) is 0.705. The molecule has 1 rings (SSSR count). The molecular formula is C12H18N2O. The minimum Gasteiger partial charge on any atom is -0.481 e. The van der Waals surface area contributed by atoms with E-state index >= 15 is 0 Å². The van der Waals surface area contributed by atoms with Crippen LogP contribution in [0.1, 0.15) is 18.9 Å². The Morgan fingerprint density at radius 2 is 2.40 bits per heavy atom. The number of pyridine rings is 1. The second kappa shape index (κ2) is 7.01. The fourth-order valence-electron chi connectivity index (χ4n) is 1.32. The molecule has 0 spiro atoms. The quantitative estimate of drug-likeness (QED) is 0.572. The molecule has 0 aliphatic carbocycles. The molecule has 0 fully saturated rings. The second-order valence-corrected chi connectivity index (χ2v) is 3.21. The van der Waals surface area contributed by atoms with E-state index in [1.54, 1.807) is 13.3 Å². The highest BCUT2D eigenvalue weighted by Gasteiger charge is 2.01. The van der Waals surface area contributed by atoms with E-state index in [1.165, 1.54) is 0 Å². The summed E-state index contributed by atoms with van der Waals surface area (Å²) in [6.07, 6.45) is 7.00. The zero-order valence-electron chi connectivity index (χ0n) is 9.36. The van der Waals surface area contributed by atoms with E-state index in [4.69, 9.17) is 4.74 Å². The van der Waals surface area contributed by atoms with E-state index in [1.807, 2.05) is 19.1 Å². The van der Waals surface area contributed by atoms with Crippen molar-refractivity contribution in [3.05, 3.63) is 36.0 Å². The monoisotopic (exact) mass is 206 g/mol. The minimum absolute atomic E-state index is 0.705. The van der Waals surface area contributed by atoms with Gasteiger partial charge in [-0.05, 0) is 26.0 Å². The van der Waals surface area contributed by atoms with Gasteiger partial charge in [0, 0.05) is 18.3 Å². The number of nitrogens with zero attached hydrogens (tertiary/aromatic N) is 1. The van der Waals surface area contributed by atoms with Crippen molar-refractivity contribution >= 4 is 0 Å². The first-order valence-corrected chi connectivity index (χ1v) is 5.18. The molecule has 0 unspecified atom stereocenters. The number of methoxy groups -OCH3 is 1. The summed E-state index contributed by atoms with van der Waals surface area (Å²) in [5.41, 5.74) is 1.10. The third-order valence-corrected chi connectivity index (χ3v) is 2.08. The van der Waals surface area contributed by atoms with Crippen molar-refractivity contribution in [1.29, 1.82) is 0 Å². The molecule has 0 aromatic carbocycles. The first kappa shape index (κ1) is 11.7. The van der Waals surface area contributed by atoms with Gasteiger partial charge in [0.25, 0.3) is 0 Å².